The second kappa shape index (κ2) is 8.78. The first-order valence-electron chi connectivity index (χ1n) is 10.1. The molecule has 1 fully saturated rings. The zero-order valence-electron chi connectivity index (χ0n) is 17.7. The predicted molar refractivity (Wildman–Crippen MR) is 112 cm³/mol. The fraction of sp³-hybridized carbons (Fsp3) is 0.500. The van der Waals surface area contributed by atoms with Gasteiger partial charge in [0.1, 0.15) is 5.82 Å². The molecule has 0 unspecified atom stereocenters. The highest BCUT2D eigenvalue weighted by Gasteiger charge is 2.22. The van der Waals surface area contributed by atoms with Crippen molar-refractivity contribution in [1.82, 2.24) is 14.7 Å². The average Bonchev–Trinajstić information content (AvgIpc) is 3.11. The highest BCUT2D eigenvalue weighted by atomic mass is 16.5. The third-order valence-electron chi connectivity index (χ3n) is 4.92. The van der Waals surface area contributed by atoms with E-state index in [1.807, 2.05) is 37.3 Å². The highest BCUT2D eigenvalue weighted by molar-refractivity contribution is 5.93. The lowest BCUT2D eigenvalue weighted by Crippen LogP contribution is -2.40. The van der Waals surface area contributed by atoms with Crippen LogP contribution in [-0.4, -0.2) is 52.8 Å². The van der Waals surface area contributed by atoms with Crippen molar-refractivity contribution in [3.8, 4) is 5.69 Å². The van der Waals surface area contributed by atoms with Gasteiger partial charge in [-0.3, -0.25) is 9.59 Å². The van der Waals surface area contributed by atoms with E-state index in [9.17, 15) is 9.59 Å². The smallest absolute Gasteiger partial charge is 0.226 e. The molecule has 0 bridgehead atoms. The third kappa shape index (κ3) is 5.44. The Morgan fingerprint density at radius 1 is 1.14 bits per heavy atom. The molecule has 1 aliphatic rings. The van der Waals surface area contributed by atoms with E-state index in [0.717, 1.165) is 16.9 Å². The van der Waals surface area contributed by atoms with E-state index in [1.165, 1.54) is 0 Å². The molecule has 2 amide bonds. The van der Waals surface area contributed by atoms with Gasteiger partial charge in [0.05, 0.1) is 24.6 Å². The SMILES string of the molecule is Cc1cccc(-n2nc(C(C)(C)C)cc2NC(=O)CCC(=O)N2CCOCC2)c1. The lowest BCUT2D eigenvalue weighted by atomic mass is 9.92. The molecule has 0 atom stereocenters. The van der Waals surface area contributed by atoms with Gasteiger partial charge in [-0.15, -0.1) is 0 Å². The van der Waals surface area contributed by atoms with Crippen molar-refractivity contribution in [2.24, 2.45) is 0 Å². The molecule has 0 spiro atoms. The summed E-state index contributed by atoms with van der Waals surface area (Å²) in [6, 6.07) is 9.88. The Morgan fingerprint density at radius 3 is 2.52 bits per heavy atom. The van der Waals surface area contributed by atoms with Gasteiger partial charge >= 0.3 is 0 Å². The fourth-order valence-corrected chi connectivity index (χ4v) is 3.19. The summed E-state index contributed by atoms with van der Waals surface area (Å²) in [5, 5.41) is 7.67. The number of aromatic nitrogens is 2. The van der Waals surface area contributed by atoms with Gasteiger partial charge in [-0.05, 0) is 24.6 Å². The van der Waals surface area contributed by atoms with Crippen LogP contribution in [0.15, 0.2) is 30.3 Å². The number of ether oxygens (including phenoxy) is 1. The van der Waals surface area contributed by atoms with Crippen LogP contribution < -0.4 is 5.32 Å². The molecule has 1 aromatic carbocycles. The number of nitrogens with zero attached hydrogens (tertiary/aromatic N) is 3. The summed E-state index contributed by atoms with van der Waals surface area (Å²) in [5.74, 6) is 0.413. The molecule has 7 nitrogen and oxygen atoms in total. The van der Waals surface area contributed by atoms with Gasteiger partial charge in [0.15, 0.2) is 0 Å². The number of aryl methyl sites for hydroxylation is 1. The normalized spacial score (nSPS) is 14.7. The second-order valence-electron chi connectivity index (χ2n) is 8.46. The molecule has 1 saturated heterocycles. The maximum absolute atomic E-state index is 12.6. The molecule has 1 aromatic heterocycles. The Labute approximate surface area is 172 Å². The van der Waals surface area contributed by atoms with Crippen LogP contribution in [0.2, 0.25) is 0 Å². The first kappa shape index (κ1) is 21.0. The molecular weight excluding hydrogens is 368 g/mol. The molecule has 3 rings (SSSR count). The number of carbonyl (C=O) groups is 2. The number of benzene rings is 1. The van der Waals surface area contributed by atoms with Crippen molar-refractivity contribution in [2.75, 3.05) is 31.6 Å². The standard InChI is InChI=1S/C22H30N4O3/c1-16-6-5-7-17(14-16)26-19(15-18(24-26)22(2,3)4)23-20(27)8-9-21(28)25-10-12-29-13-11-25/h5-7,14-15H,8-13H2,1-4H3,(H,23,27). The lowest BCUT2D eigenvalue weighted by Gasteiger charge is -2.26. The number of nitrogens with one attached hydrogen (secondary N) is 1. The summed E-state index contributed by atoms with van der Waals surface area (Å²) in [5.41, 5.74) is 2.74. The molecule has 29 heavy (non-hydrogen) atoms. The quantitative estimate of drug-likeness (QED) is 0.840. The van der Waals surface area contributed by atoms with Gasteiger partial charge in [0, 0.05) is 37.4 Å². The van der Waals surface area contributed by atoms with Crippen molar-refractivity contribution in [3.05, 3.63) is 41.6 Å². The van der Waals surface area contributed by atoms with Gasteiger partial charge in [-0.25, -0.2) is 4.68 Å². The van der Waals surface area contributed by atoms with E-state index in [2.05, 4.69) is 26.1 Å². The number of carbonyl (C=O) groups excluding carboxylic acids is 2. The first-order valence-corrected chi connectivity index (χ1v) is 10.1. The van der Waals surface area contributed by atoms with Crippen LogP contribution in [0.25, 0.3) is 5.69 Å². The van der Waals surface area contributed by atoms with E-state index in [-0.39, 0.29) is 30.1 Å². The van der Waals surface area contributed by atoms with Crippen LogP contribution in [0, 0.1) is 6.92 Å². The second-order valence-corrected chi connectivity index (χ2v) is 8.46. The van der Waals surface area contributed by atoms with Crippen LogP contribution in [-0.2, 0) is 19.7 Å². The molecule has 0 radical (unpaired) electrons. The molecule has 0 aliphatic carbocycles. The zero-order chi connectivity index (χ0) is 21.0. The van der Waals surface area contributed by atoms with Crippen LogP contribution in [0.5, 0.6) is 0 Å². The van der Waals surface area contributed by atoms with Gasteiger partial charge in [-0.1, -0.05) is 32.9 Å². The van der Waals surface area contributed by atoms with Crippen molar-refractivity contribution in [1.29, 1.82) is 0 Å². The zero-order valence-corrected chi connectivity index (χ0v) is 17.7. The van der Waals surface area contributed by atoms with Crippen LogP contribution in [0.1, 0.15) is 44.9 Å². The number of anilines is 1. The van der Waals surface area contributed by atoms with Crippen LogP contribution in [0.4, 0.5) is 5.82 Å². The summed E-state index contributed by atoms with van der Waals surface area (Å²) in [6.07, 6.45) is 0.330. The number of rotatable bonds is 5. The Bertz CT molecular complexity index is 876. The minimum atomic E-state index is -0.194. The van der Waals surface area contributed by atoms with Crippen LogP contribution >= 0.6 is 0 Å². The predicted octanol–water partition coefficient (Wildman–Crippen LogP) is 3.06. The van der Waals surface area contributed by atoms with Gasteiger partial charge in [-0.2, -0.15) is 5.10 Å². The third-order valence-corrected chi connectivity index (χ3v) is 4.92. The van der Waals surface area contributed by atoms with E-state index in [1.54, 1.807) is 9.58 Å². The number of amides is 2. The fourth-order valence-electron chi connectivity index (χ4n) is 3.19. The van der Waals surface area contributed by atoms with E-state index in [0.29, 0.717) is 32.1 Å². The summed E-state index contributed by atoms with van der Waals surface area (Å²) in [4.78, 5) is 26.6. The monoisotopic (exact) mass is 398 g/mol. The molecule has 156 valence electrons. The molecule has 7 heteroatoms. The van der Waals surface area contributed by atoms with Gasteiger partial charge in [0.2, 0.25) is 11.8 Å². The van der Waals surface area contributed by atoms with Crippen LogP contribution in [0.3, 0.4) is 0 Å². The number of hydrogen-bond donors (Lipinski definition) is 1. The Kier molecular flexibility index (Phi) is 6.37. The summed E-state index contributed by atoms with van der Waals surface area (Å²) < 4.78 is 7.02. The summed E-state index contributed by atoms with van der Waals surface area (Å²) in [7, 11) is 0. The maximum atomic E-state index is 12.6. The van der Waals surface area contributed by atoms with E-state index < -0.39 is 0 Å². The maximum Gasteiger partial charge on any atom is 0.226 e. The molecule has 1 aliphatic heterocycles. The molecule has 0 saturated carbocycles. The van der Waals surface area contributed by atoms with Gasteiger partial charge < -0.3 is 15.0 Å². The lowest BCUT2D eigenvalue weighted by molar-refractivity contribution is -0.136. The van der Waals surface area contributed by atoms with Crippen molar-refractivity contribution in [2.45, 2.75) is 46.0 Å². The van der Waals surface area contributed by atoms with Gasteiger partial charge in [0.25, 0.3) is 0 Å². The first-order chi connectivity index (χ1) is 13.7. The molecule has 2 aromatic rings. The number of morpholine rings is 1. The molecular formula is C22H30N4O3. The Balaban J connectivity index is 1.72. The molecule has 1 N–H and O–H groups in total. The minimum absolute atomic E-state index is 0.00831. The highest BCUT2D eigenvalue weighted by Crippen LogP contribution is 2.26. The van der Waals surface area contributed by atoms with Crippen molar-refractivity contribution < 1.29 is 14.3 Å². The van der Waals surface area contributed by atoms with E-state index >= 15 is 0 Å². The number of hydrogen-bond acceptors (Lipinski definition) is 4. The van der Waals surface area contributed by atoms with Crippen molar-refractivity contribution >= 4 is 17.6 Å². The topological polar surface area (TPSA) is 76.5 Å². The van der Waals surface area contributed by atoms with Crippen molar-refractivity contribution in [3.63, 3.8) is 0 Å². The molecule has 2 heterocycles. The Morgan fingerprint density at radius 2 is 1.86 bits per heavy atom. The minimum Gasteiger partial charge on any atom is -0.378 e. The summed E-state index contributed by atoms with van der Waals surface area (Å²) in [6.45, 7) is 10.6. The average molecular weight is 399 g/mol. The largest absolute Gasteiger partial charge is 0.378 e. The Hall–Kier alpha value is -2.67. The summed E-state index contributed by atoms with van der Waals surface area (Å²) >= 11 is 0. The van der Waals surface area contributed by atoms with E-state index in [4.69, 9.17) is 9.84 Å².